The first kappa shape index (κ1) is 12.8. The van der Waals surface area contributed by atoms with Crippen molar-refractivity contribution >= 4 is 0 Å². The van der Waals surface area contributed by atoms with E-state index in [1.807, 2.05) is 18.6 Å². The van der Waals surface area contributed by atoms with Gasteiger partial charge in [-0.25, -0.2) is 4.98 Å². The van der Waals surface area contributed by atoms with E-state index in [0.29, 0.717) is 0 Å². The van der Waals surface area contributed by atoms with Gasteiger partial charge in [-0.2, -0.15) is 0 Å². The average Bonchev–Trinajstić information content (AvgIpc) is 2.90. The van der Waals surface area contributed by atoms with Crippen LogP contribution in [0, 0.1) is 6.42 Å². The molecule has 2 heterocycles. The van der Waals surface area contributed by atoms with E-state index >= 15 is 0 Å². The molecule has 95 valence electrons. The third kappa shape index (κ3) is 2.43. The fourth-order valence-electron chi connectivity index (χ4n) is 2.31. The van der Waals surface area contributed by atoms with Gasteiger partial charge in [-0.15, -0.1) is 0 Å². The minimum Gasteiger partial charge on any atom is -0.396 e. The number of hydrogen-bond donors (Lipinski definition) is 2. The van der Waals surface area contributed by atoms with Crippen LogP contribution in [0.1, 0.15) is 31.0 Å². The Kier molecular flexibility index (Phi) is 3.77. The summed E-state index contributed by atoms with van der Waals surface area (Å²) in [4.78, 5) is 11.2. The highest BCUT2D eigenvalue weighted by Crippen LogP contribution is 2.39. The molecule has 1 radical (unpaired) electrons. The number of imidazole rings is 1. The van der Waals surface area contributed by atoms with Crippen LogP contribution in [-0.4, -0.2) is 26.7 Å². The van der Waals surface area contributed by atoms with Crippen molar-refractivity contribution in [1.82, 2.24) is 15.0 Å². The molecule has 0 spiro atoms. The number of hydrogen-bond acceptors (Lipinski definition) is 3. The van der Waals surface area contributed by atoms with Gasteiger partial charge in [0.1, 0.15) is 0 Å². The molecule has 2 N–H and O–H groups in total. The minimum atomic E-state index is -0.141. The van der Waals surface area contributed by atoms with Gasteiger partial charge < -0.3 is 10.1 Å². The van der Waals surface area contributed by atoms with Crippen molar-refractivity contribution in [2.75, 3.05) is 6.61 Å². The first-order chi connectivity index (χ1) is 8.66. The fraction of sp³-hybridized carbons (Fsp3) is 0.357. The third-order valence-corrected chi connectivity index (χ3v) is 3.40. The maximum absolute atomic E-state index is 9.24. The van der Waals surface area contributed by atoms with Crippen LogP contribution in [0.2, 0.25) is 0 Å². The van der Waals surface area contributed by atoms with Gasteiger partial charge in [-0.1, -0.05) is 13.8 Å². The molecule has 0 fully saturated rings. The molecule has 0 aliphatic rings. The Balaban J connectivity index is 2.36. The molecule has 2 rings (SSSR count). The Labute approximate surface area is 107 Å². The monoisotopic (exact) mass is 244 g/mol. The number of H-pyrrole nitrogens is 1. The SMILES string of the molecule is CC(C)(c1ccncc1)C([CH]CO)c1cnc[nH]1. The van der Waals surface area contributed by atoms with Crippen molar-refractivity contribution < 1.29 is 5.11 Å². The van der Waals surface area contributed by atoms with Gasteiger partial charge >= 0.3 is 0 Å². The van der Waals surface area contributed by atoms with Gasteiger partial charge in [0.05, 0.1) is 6.33 Å². The number of aromatic nitrogens is 3. The molecule has 0 aromatic carbocycles. The minimum absolute atomic E-state index is 0.0399. The number of rotatable bonds is 5. The quantitative estimate of drug-likeness (QED) is 0.846. The zero-order valence-electron chi connectivity index (χ0n) is 10.7. The molecule has 2 aromatic rings. The Bertz CT molecular complexity index is 465. The Morgan fingerprint density at radius 2 is 2.06 bits per heavy atom. The summed E-state index contributed by atoms with van der Waals surface area (Å²) in [6.07, 6.45) is 8.95. The van der Waals surface area contributed by atoms with Crippen LogP contribution in [0.15, 0.2) is 37.1 Å². The zero-order valence-corrected chi connectivity index (χ0v) is 10.7. The summed E-state index contributed by atoms with van der Waals surface area (Å²) >= 11 is 0. The third-order valence-electron chi connectivity index (χ3n) is 3.40. The number of nitrogens with zero attached hydrogens (tertiary/aromatic N) is 2. The standard InChI is InChI=1S/C14H18N3O/c1-14(2,11-3-6-15-7-4-11)12(5-8-18)13-9-16-10-17-13/h3-7,9-10,12,18H,8H2,1-2H3,(H,16,17). The first-order valence-corrected chi connectivity index (χ1v) is 5.99. The van der Waals surface area contributed by atoms with Crippen LogP contribution in [0.5, 0.6) is 0 Å². The summed E-state index contributed by atoms with van der Waals surface area (Å²) in [5.41, 5.74) is 2.05. The van der Waals surface area contributed by atoms with Crippen molar-refractivity contribution in [3.63, 3.8) is 0 Å². The molecule has 0 saturated heterocycles. The highest BCUT2D eigenvalue weighted by molar-refractivity contribution is 5.29. The van der Waals surface area contributed by atoms with E-state index in [2.05, 4.69) is 28.8 Å². The predicted octanol–water partition coefficient (Wildman–Crippen LogP) is 2.06. The van der Waals surface area contributed by atoms with E-state index in [-0.39, 0.29) is 17.9 Å². The fourth-order valence-corrected chi connectivity index (χ4v) is 2.31. The lowest BCUT2D eigenvalue weighted by molar-refractivity contribution is 0.300. The van der Waals surface area contributed by atoms with Crippen LogP contribution < -0.4 is 0 Å². The summed E-state index contributed by atoms with van der Waals surface area (Å²) in [6.45, 7) is 4.35. The lowest BCUT2D eigenvalue weighted by Gasteiger charge is -2.33. The lowest BCUT2D eigenvalue weighted by Crippen LogP contribution is -2.28. The van der Waals surface area contributed by atoms with Gasteiger partial charge in [0.15, 0.2) is 0 Å². The topological polar surface area (TPSA) is 61.8 Å². The number of aromatic amines is 1. The van der Waals surface area contributed by atoms with Gasteiger partial charge in [0.25, 0.3) is 0 Å². The average molecular weight is 244 g/mol. The highest BCUT2D eigenvalue weighted by atomic mass is 16.3. The van der Waals surface area contributed by atoms with Crippen molar-refractivity contribution in [2.24, 2.45) is 0 Å². The Morgan fingerprint density at radius 3 is 2.61 bits per heavy atom. The van der Waals surface area contributed by atoms with Crippen molar-refractivity contribution in [2.45, 2.75) is 25.2 Å². The molecule has 1 atom stereocenters. The molecule has 0 aliphatic carbocycles. The number of aliphatic hydroxyl groups is 1. The largest absolute Gasteiger partial charge is 0.396 e. The van der Waals surface area contributed by atoms with Gasteiger partial charge in [0, 0.05) is 36.8 Å². The predicted molar refractivity (Wildman–Crippen MR) is 70.0 cm³/mol. The number of pyridine rings is 1. The highest BCUT2D eigenvalue weighted by Gasteiger charge is 2.33. The van der Waals surface area contributed by atoms with E-state index < -0.39 is 0 Å². The molecule has 4 heteroatoms. The van der Waals surface area contributed by atoms with Crippen molar-refractivity contribution in [3.05, 3.63) is 54.7 Å². The van der Waals surface area contributed by atoms with Crippen LogP contribution in [0.3, 0.4) is 0 Å². The summed E-state index contributed by atoms with van der Waals surface area (Å²) in [7, 11) is 0. The Morgan fingerprint density at radius 1 is 1.33 bits per heavy atom. The van der Waals surface area contributed by atoms with Crippen LogP contribution in [0.4, 0.5) is 0 Å². The molecule has 1 unspecified atom stereocenters. The molecular formula is C14H18N3O. The first-order valence-electron chi connectivity index (χ1n) is 5.99. The molecule has 0 bridgehead atoms. The number of aliphatic hydroxyl groups excluding tert-OH is 1. The zero-order chi connectivity index (χ0) is 13.0. The van der Waals surface area contributed by atoms with Gasteiger partial charge in [-0.05, 0) is 29.5 Å². The molecule has 0 aliphatic heterocycles. The van der Waals surface area contributed by atoms with Crippen LogP contribution in [0.25, 0.3) is 0 Å². The summed E-state index contributed by atoms with van der Waals surface area (Å²) < 4.78 is 0. The van der Waals surface area contributed by atoms with Gasteiger partial charge in [0.2, 0.25) is 0 Å². The molecule has 0 saturated carbocycles. The summed E-state index contributed by atoms with van der Waals surface area (Å²) in [6, 6.07) is 4.02. The lowest BCUT2D eigenvalue weighted by atomic mass is 9.71. The summed E-state index contributed by atoms with van der Waals surface area (Å²) in [5, 5.41) is 9.24. The molecule has 2 aromatic heterocycles. The van der Waals surface area contributed by atoms with E-state index in [0.717, 1.165) is 5.69 Å². The summed E-state index contributed by atoms with van der Waals surface area (Å²) in [5.74, 6) is 0.0763. The maximum atomic E-state index is 9.24. The smallest absolute Gasteiger partial charge is 0.0921 e. The second kappa shape index (κ2) is 5.31. The number of nitrogens with one attached hydrogen (secondary N) is 1. The van der Waals surface area contributed by atoms with Gasteiger partial charge in [-0.3, -0.25) is 4.98 Å². The van der Waals surface area contributed by atoms with Crippen molar-refractivity contribution in [3.8, 4) is 0 Å². The molecule has 18 heavy (non-hydrogen) atoms. The molecule has 0 amide bonds. The van der Waals surface area contributed by atoms with Crippen LogP contribution >= 0.6 is 0 Å². The van der Waals surface area contributed by atoms with Crippen molar-refractivity contribution in [1.29, 1.82) is 0 Å². The molecular weight excluding hydrogens is 226 g/mol. The Hall–Kier alpha value is -1.68. The molecule has 4 nitrogen and oxygen atoms in total. The van der Waals surface area contributed by atoms with E-state index in [1.165, 1.54) is 5.56 Å². The van der Waals surface area contributed by atoms with E-state index in [9.17, 15) is 5.11 Å². The second-order valence-corrected chi connectivity index (χ2v) is 4.86. The second-order valence-electron chi connectivity index (χ2n) is 4.86. The van der Waals surface area contributed by atoms with E-state index in [4.69, 9.17) is 0 Å². The van der Waals surface area contributed by atoms with E-state index in [1.54, 1.807) is 24.9 Å². The maximum Gasteiger partial charge on any atom is 0.0921 e. The van der Waals surface area contributed by atoms with Crippen LogP contribution in [-0.2, 0) is 5.41 Å². The normalized spacial score (nSPS) is 13.5.